The van der Waals surface area contributed by atoms with Crippen LogP contribution in [0.5, 0.6) is 5.75 Å². The Hall–Kier alpha value is -4.08. The van der Waals surface area contributed by atoms with Crippen LogP contribution < -0.4 is 26.1 Å². The molecule has 2 aliphatic heterocycles. The van der Waals surface area contributed by atoms with Crippen molar-refractivity contribution in [3.63, 3.8) is 0 Å². The number of fused-ring (bicyclic) bond motifs is 1. The minimum atomic E-state index is -1.41. The van der Waals surface area contributed by atoms with E-state index in [0.717, 1.165) is 17.7 Å². The largest absolute Gasteiger partial charge is 0.487 e. The fourth-order valence-corrected chi connectivity index (χ4v) is 5.18. The number of aromatic nitrogens is 1. The van der Waals surface area contributed by atoms with Gasteiger partial charge in [-0.05, 0) is 38.3 Å². The number of anilines is 3. The lowest BCUT2D eigenvalue weighted by molar-refractivity contribution is -0.118. The Morgan fingerprint density at radius 2 is 2.00 bits per heavy atom. The number of nitrogens with two attached hydrogens (primary N) is 1. The Morgan fingerprint density at radius 1 is 1.25 bits per heavy atom. The molecule has 188 valence electrons. The molecule has 1 aromatic heterocycles. The number of ether oxygens (including phenoxy) is 1. The van der Waals surface area contributed by atoms with Crippen molar-refractivity contribution in [2.45, 2.75) is 45.2 Å². The van der Waals surface area contributed by atoms with Gasteiger partial charge in [-0.25, -0.2) is 9.18 Å². The molecule has 0 spiro atoms. The lowest BCUT2D eigenvalue weighted by atomic mass is 10.0. The van der Waals surface area contributed by atoms with Gasteiger partial charge in [-0.15, -0.1) is 0 Å². The van der Waals surface area contributed by atoms with Crippen molar-refractivity contribution >= 4 is 39.8 Å². The molecule has 4 N–H and O–H groups in total. The molecule has 1 unspecified atom stereocenters. The summed E-state index contributed by atoms with van der Waals surface area (Å²) in [6, 6.07) is 7.63. The van der Waals surface area contributed by atoms with E-state index in [1.54, 1.807) is 11.5 Å². The van der Waals surface area contributed by atoms with Gasteiger partial charge in [0, 0.05) is 30.9 Å². The lowest BCUT2D eigenvalue weighted by Crippen LogP contribution is -2.35. The summed E-state index contributed by atoms with van der Waals surface area (Å²) in [7, 11) is 0. The van der Waals surface area contributed by atoms with Crippen LogP contribution in [0.4, 0.5) is 21.5 Å². The molecular formula is C26H27FN4O5. The van der Waals surface area contributed by atoms with Crippen molar-refractivity contribution in [3.05, 3.63) is 57.6 Å². The summed E-state index contributed by atoms with van der Waals surface area (Å²) in [6.45, 7) is 4.24. The van der Waals surface area contributed by atoms with Crippen molar-refractivity contribution in [1.82, 2.24) is 4.57 Å². The highest BCUT2D eigenvalue weighted by molar-refractivity contribution is 6.03. The molecule has 0 bridgehead atoms. The summed E-state index contributed by atoms with van der Waals surface area (Å²) in [4.78, 5) is 39.2. The van der Waals surface area contributed by atoms with E-state index in [9.17, 15) is 19.5 Å². The molecule has 36 heavy (non-hydrogen) atoms. The zero-order valence-electron chi connectivity index (χ0n) is 20.0. The molecule has 10 heteroatoms. The van der Waals surface area contributed by atoms with Crippen LogP contribution in [0.3, 0.4) is 0 Å². The van der Waals surface area contributed by atoms with Crippen LogP contribution in [-0.4, -0.2) is 40.7 Å². The Kier molecular flexibility index (Phi) is 5.82. The highest BCUT2D eigenvalue weighted by Gasteiger charge is 2.32. The zero-order chi connectivity index (χ0) is 25.7. The van der Waals surface area contributed by atoms with Crippen molar-refractivity contribution in [2.24, 2.45) is 0 Å². The molecule has 3 aromatic rings. The van der Waals surface area contributed by atoms with E-state index in [4.69, 9.17) is 10.5 Å². The van der Waals surface area contributed by atoms with Crippen molar-refractivity contribution < 1.29 is 23.8 Å². The minimum absolute atomic E-state index is 0.00420. The Bertz CT molecular complexity index is 1470. The van der Waals surface area contributed by atoms with Crippen LogP contribution in [0.2, 0.25) is 0 Å². The Labute approximate surface area is 206 Å². The quantitative estimate of drug-likeness (QED) is 0.353. The van der Waals surface area contributed by atoms with Gasteiger partial charge in [0.2, 0.25) is 11.3 Å². The van der Waals surface area contributed by atoms with E-state index in [1.807, 2.05) is 36.1 Å². The van der Waals surface area contributed by atoms with Gasteiger partial charge in [0.1, 0.15) is 17.9 Å². The van der Waals surface area contributed by atoms with Gasteiger partial charge in [-0.3, -0.25) is 9.59 Å². The first-order valence-corrected chi connectivity index (χ1v) is 11.9. The number of benzene rings is 2. The number of rotatable bonds is 6. The first-order valence-electron chi connectivity index (χ1n) is 11.9. The van der Waals surface area contributed by atoms with Crippen LogP contribution in [0, 0.1) is 5.82 Å². The van der Waals surface area contributed by atoms with Gasteiger partial charge >= 0.3 is 5.97 Å². The molecule has 0 saturated carbocycles. The molecule has 2 aromatic carbocycles. The summed E-state index contributed by atoms with van der Waals surface area (Å²) in [5, 5.41) is 12.2. The number of amides is 1. The maximum absolute atomic E-state index is 15.4. The third-order valence-electron chi connectivity index (χ3n) is 6.92. The maximum Gasteiger partial charge on any atom is 0.341 e. The number of aromatic carboxylic acids is 1. The summed E-state index contributed by atoms with van der Waals surface area (Å²) < 4.78 is 22.8. The SMILES string of the molecule is CC1Cc2ccccc2N1C(=O)CCCNc1c(F)c(N)c2c(=O)c(C(=O)O)cn3c2c1OC[C@@H]3C. The average molecular weight is 495 g/mol. The lowest BCUT2D eigenvalue weighted by Gasteiger charge is -2.29. The van der Waals surface area contributed by atoms with Crippen molar-refractivity contribution in [2.75, 3.05) is 29.1 Å². The molecule has 0 aliphatic carbocycles. The number of pyridine rings is 1. The number of carboxylic acids is 1. The molecule has 3 heterocycles. The number of carbonyl (C=O) groups excluding carboxylic acids is 1. The molecule has 2 atom stereocenters. The second kappa shape index (κ2) is 8.85. The van der Waals surface area contributed by atoms with E-state index in [0.29, 0.717) is 6.42 Å². The number of hydrogen-bond donors (Lipinski definition) is 3. The van der Waals surface area contributed by atoms with Crippen LogP contribution in [0.1, 0.15) is 48.7 Å². The van der Waals surface area contributed by atoms with E-state index >= 15 is 4.39 Å². The third kappa shape index (κ3) is 3.64. The normalized spacial score (nSPS) is 18.1. The van der Waals surface area contributed by atoms with E-state index in [2.05, 4.69) is 5.32 Å². The van der Waals surface area contributed by atoms with Crippen LogP contribution in [0.25, 0.3) is 10.9 Å². The predicted octanol–water partition coefficient (Wildman–Crippen LogP) is 3.54. The molecule has 0 radical (unpaired) electrons. The van der Waals surface area contributed by atoms with Gasteiger partial charge in [0.15, 0.2) is 11.6 Å². The van der Waals surface area contributed by atoms with Gasteiger partial charge in [0.25, 0.3) is 0 Å². The molecule has 2 aliphatic rings. The Balaban J connectivity index is 1.40. The van der Waals surface area contributed by atoms with Gasteiger partial charge in [-0.1, -0.05) is 18.2 Å². The zero-order valence-corrected chi connectivity index (χ0v) is 20.0. The van der Waals surface area contributed by atoms with Crippen LogP contribution in [0.15, 0.2) is 35.3 Å². The monoisotopic (exact) mass is 494 g/mol. The molecular weight excluding hydrogens is 467 g/mol. The fourth-order valence-electron chi connectivity index (χ4n) is 5.18. The highest BCUT2D eigenvalue weighted by atomic mass is 19.1. The molecule has 9 nitrogen and oxygen atoms in total. The molecule has 0 saturated heterocycles. The van der Waals surface area contributed by atoms with Gasteiger partial charge in [0.05, 0.1) is 22.6 Å². The van der Waals surface area contributed by atoms with Crippen molar-refractivity contribution in [1.29, 1.82) is 0 Å². The summed E-state index contributed by atoms with van der Waals surface area (Å²) in [6.07, 6.45) is 2.75. The number of nitrogens with one attached hydrogen (secondary N) is 1. The highest BCUT2D eigenvalue weighted by Crippen LogP contribution is 2.43. The number of carbonyl (C=O) groups is 2. The molecule has 5 rings (SSSR count). The van der Waals surface area contributed by atoms with Crippen LogP contribution >= 0.6 is 0 Å². The molecule has 0 fully saturated rings. The maximum atomic E-state index is 15.4. The Morgan fingerprint density at radius 3 is 2.75 bits per heavy atom. The first kappa shape index (κ1) is 23.7. The number of para-hydroxylation sites is 1. The molecule has 1 amide bonds. The summed E-state index contributed by atoms with van der Waals surface area (Å²) in [5.41, 5.74) is 6.56. The second-order valence-corrected chi connectivity index (χ2v) is 9.38. The average Bonchev–Trinajstić information content (AvgIpc) is 3.18. The second-order valence-electron chi connectivity index (χ2n) is 9.38. The number of nitrogens with zero attached hydrogens (tertiary/aromatic N) is 2. The fraction of sp³-hybridized carbons (Fsp3) is 0.346. The third-order valence-corrected chi connectivity index (χ3v) is 6.92. The van der Waals surface area contributed by atoms with E-state index in [1.165, 1.54) is 6.20 Å². The topological polar surface area (TPSA) is 127 Å². The number of halogens is 1. The smallest absolute Gasteiger partial charge is 0.341 e. The standard InChI is InChI=1S/C26H27FN4O5/c1-13-10-15-6-3-4-7-17(15)31(13)18(32)8-5-9-29-22-20(27)21(28)19-23-25(22)36-12-14(2)30(23)11-16(24(19)33)26(34)35/h3-4,6-7,11,13-14,29H,5,8-10,12,28H2,1-2H3,(H,34,35)/t13?,14-/m0/s1. The van der Waals surface area contributed by atoms with E-state index in [-0.39, 0.29) is 59.9 Å². The van der Waals surface area contributed by atoms with Gasteiger partial charge in [-0.2, -0.15) is 0 Å². The van der Waals surface area contributed by atoms with Crippen molar-refractivity contribution in [3.8, 4) is 5.75 Å². The predicted molar refractivity (Wildman–Crippen MR) is 135 cm³/mol. The van der Waals surface area contributed by atoms with E-state index < -0.39 is 28.5 Å². The minimum Gasteiger partial charge on any atom is -0.487 e. The van der Waals surface area contributed by atoms with Crippen LogP contribution in [-0.2, 0) is 11.2 Å². The summed E-state index contributed by atoms with van der Waals surface area (Å²) >= 11 is 0. The summed E-state index contributed by atoms with van der Waals surface area (Å²) in [5.74, 6) is -2.19. The van der Waals surface area contributed by atoms with Gasteiger partial charge < -0.3 is 30.4 Å². The first-order chi connectivity index (χ1) is 17.2. The number of carboxylic acid groups (broad SMARTS) is 1. The number of hydrogen-bond acceptors (Lipinski definition) is 6. The number of nitrogen functional groups attached to an aromatic ring is 1.